The van der Waals surface area contributed by atoms with Crippen LogP contribution in [0, 0.1) is 5.92 Å². The summed E-state index contributed by atoms with van der Waals surface area (Å²) in [6.07, 6.45) is 9.04. The van der Waals surface area contributed by atoms with Crippen LogP contribution in [0.25, 0.3) is 0 Å². The first-order valence-corrected chi connectivity index (χ1v) is 6.92. The Morgan fingerprint density at radius 2 is 2.00 bits per heavy atom. The molecule has 0 bridgehead atoms. The predicted octanol–water partition coefficient (Wildman–Crippen LogP) is 3.28. The minimum Gasteiger partial charge on any atom is -0.390 e. The number of aliphatic hydroxyl groups is 1. The fraction of sp³-hybridized carbons (Fsp3) is 1.00. The van der Waals surface area contributed by atoms with Gasteiger partial charge in [-0.15, -0.1) is 0 Å². The maximum absolute atomic E-state index is 10.7. The highest BCUT2D eigenvalue weighted by Crippen LogP contribution is 2.41. The molecule has 2 unspecified atom stereocenters. The van der Waals surface area contributed by atoms with Gasteiger partial charge in [0.05, 0.1) is 17.8 Å². The zero-order valence-corrected chi connectivity index (χ0v) is 10.8. The van der Waals surface area contributed by atoms with E-state index in [4.69, 9.17) is 4.74 Å². The molecule has 1 N–H and O–H groups in total. The second-order valence-corrected chi connectivity index (χ2v) is 6.16. The Hall–Kier alpha value is -0.0800. The smallest absolute Gasteiger partial charge is 0.0699 e. The quantitative estimate of drug-likeness (QED) is 0.800. The SMILES string of the molecule is CCC1(C)CC(O)(CC2CCCC2)CCO1. The normalized spacial score (nSPS) is 41.4. The number of ether oxygens (including phenoxy) is 1. The van der Waals surface area contributed by atoms with E-state index >= 15 is 0 Å². The Bertz CT molecular complexity index is 235. The van der Waals surface area contributed by atoms with Gasteiger partial charge in [0.1, 0.15) is 0 Å². The molecular weight excluding hydrogens is 200 g/mol. The highest BCUT2D eigenvalue weighted by atomic mass is 16.5. The highest BCUT2D eigenvalue weighted by Gasteiger charge is 2.42. The van der Waals surface area contributed by atoms with Crippen LogP contribution in [0.1, 0.15) is 65.2 Å². The molecule has 0 spiro atoms. The molecule has 16 heavy (non-hydrogen) atoms. The van der Waals surface area contributed by atoms with E-state index in [1.165, 1.54) is 25.7 Å². The molecule has 2 rings (SSSR count). The van der Waals surface area contributed by atoms with Crippen molar-refractivity contribution in [2.75, 3.05) is 6.61 Å². The van der Waals surface area contributed by atoms with Gasteiger partial charge in [-0.1, -0.05) is 32.6 Å². The third-order valence-electron chi connectivity index (χ3n) is 4.61. The van der Waals surface area contributed by atoms with Crippen molar-refractivity contribution in [3.05, 3.63) is 0 Å². The Morgan fingerprint density at radius 1 is 1.31 bits per heavy atom. The zero-order valence-electron chi connectivity index (χ0n) is 10.8. The molecule has 1 aliphatic heterocycles. The summed E-state index contributed by atoms with van der Waals surface area (Å²) >= 11 is 0. The van der Waals surface area contributed by atoms with E-state index in [2.05, 4.69) is 13.8 Å². The van der Waals surface area contributed by atoms with E-state index in [0.29, 0.717) is 0 Å². The molecule has 94 valence electrons. The average Bonchev–Trinajstić information content (AvgIpc) is 2.69. The highest BCUT2D eigenvalue weighted by molar-refractivity contribution is 4.93. The predicted molar refractivity (Wildman–Crippen MR) is 65.4 cm³/mol. The second kappa shape index (κ2) is 4.66. The molecule has 0 amide bonds. The van der Waals surface area contributed by atoms with Crippen LogP contribution in [0.3, 0.4) is 0 Å². The lowest BCUT2D eigenvalue weighted by Gasteiger charge is -2.44. The molecule has 1 saturated heterocycles. The molecule has 1 heterocycles. The largest absolute Gasteiger partial charge is 0.390 e. The van der Waals surface area contributed by atoms with Gasteiger partial charge in [0.15, 0.2) is 0 Å². The van der Waals surface area contributed by atoms with Crippen molar-refractivity contribution < 1.29 is 9.84 Å². The van der Waals surface area contributed by atoms with Crippen molar-refractivity contribution in [1.82, 2.24) is 0 Å². The fourth-order valence-corrected chi connectivity index (χ4v) is 3.48. The molecule has 0 radical (unpaired) electrons. The van der Waals surface area contributed by atoms with Gasteiger partial charge in [-0.05, 0) is 32.1 Å². The minimum atomic E-state index is -0.446. The van der Waals surface area contributed by atoms with Crippen molar-refractivity contribution in [1.29, 1.82) is 0 Å². The van der Waals surface area contributed by atoms with Crippen LogP contribution in [0.4, 0.5) is 0 Å². The van der Waals surface area contributed by atoms with Crippen LogP contribution >= 0.6 is 0 Å². The third-order valence-corrected chi connectivity index (χ3v) is 4.61. The van der Waals surface area contributed by atoms with Crippen LogP contribution in [0.2, 0.25) is 0 Å². The standard InChI is InChI=1S/C14H26O2/c1-3-13(2)11-14(15,8-9-16-13)10-12-6-4-5-7-12/h12,15H,3-11H2,1-2H3. The molecule has 0 aromatic rings. The molecule has 0 aromatic carbocycles. The number of hydrogen-bond acceptors (Lipinski definition) is 2. The maximum Gasteiger partial charge on any atom is 0.0699 e. The van der Waals surface area contributed by atoms with Gasteiger partial charge in [0, 0.05) is 6.42 Å². The van der Waals surface area contributed by atoms with Crippen LogP contribution in [0.15, 0.2) is 0 Å². The number of hydrogen-bond donors (Lipinski definition) is 1. The maximum atomic E-state index is 10.7. The van der Waals surface area contributed by atoms with Gasteiger partial charge in [-0.25, -0.2) is 0 Å². The van der Waals surface area contributed by atoms with Crippen molar-refractivity contribution >= 4 is 0 Å². The van der Waals surface area contributed by atoms with Crippen LogP contribution < -0.4 is 0 Å². The first kappa shape index (κ1) is 12.4. The van der Waals surface area contributed by atoms with Crippen LogP contribution in [-0.2, 0) is 4.74 Å². The van der Waals surface area contributed by atoms with Gasteiger partial charge >= 0.3 is 0 Å². The van der Waals surface area contributed by atoms with Gasteiger partial charge < -0.3 is 9.84 Å². The summed E-state index contributed by atoms with van der Waals surface area (Å²) in [6, 6.07) is 0. The summed E-state index contributed by atoms with van der Waals surface area (Å²) < 4.78 is 5.81. The molecular formula is C14H26O2. The number of rotatable bonds is 3. The van der Waals surface area contributed by atoms with Crippen molar-refractivity contribution in [2.24, 2.45) is 5.92 Å². The van der Waals surface area contributed by atoms with Crippen LogP contribution in [0.5, 0.6) is 0 Å². The summed E-state index contributed by atoms with van der Waals surface area (Å²) in [6.45, 7) is 5.03. The van der Waals surface area contributed by atoms with E-state index in [1.54, 1.807) is 0 Å². The molecule has 1 saturated carbocycles. The molecule has 2 atom stereocenters. The summed E-state index contributed by atoms with van der Waals surface area (Å²) in [4.78, 5) is 0. The minimum absolute atomic E-state index is 0.0917. The Labute approximate surface area is 99.4 Å². The van der Waals surface area contributed by atoms with Gasteiger partial charge in [-0.2, -0.15) is 0 Å². The molecule has 1 aliphatic carbocycles. The average molecular weight is 226 g/mol. The Kier molecular flexibility index (Phi) is 3.60. The lowest BCUT2D eigenvalue weighted by Crippen LogP contribution is -2.47. The lowest BCUT2D eigenvalue weighted by atomic mass is 9.76. The van der Waals surface area contributed by atoms with Crippen molar-refractivity contribution in [3.63, 3.8) is 0 Å². The van der Waals surface area contributed by atoms with E-state index in [-0.39, 0.29) is 5.60 Å². The zero-order chi connectivity index (χ0) is 11.6. The first-order chi connectivity index (χ1) is 7.55. The van der Waals surface area contributed by atoms with Crippen molar-refractivity contribution in [2.45, 2.75) is 76.4 Å². The van der Waals surface area contributed by atoms with Gasteiger partial charge in [0.25, 0.3) is 0 Å². The lowest BCUT2D eigenvalue weighted by molar-refractivity contribution is -0.159. The third kappa shape index (κ3) is 2.78. The fourth-order valence-electron chi connectivity index (χ4n) is 3.48. The second-order valence-electron chi connectivity index (χ2n) is 6.16. The van der Waals surface area contributed by atoms with Gasteiger partial charge in [-0.3, -0.25) is 0 Å². The van der Waals surface area contributed by atoms with E-state index in [9.17, 15) is 5.11 Å². The Morgan fingerprint density at radius 3 is 2.62 bits per heavy atom. The van der Waals surface area contributed by atoms with E-state index in [1.807, 2.05) is 0 Å². The first-order valence-electron chi connectivity index (χ1n) is 6.92. The molecule has 2 nitrogen and oxygen atoms in total. The van der Waals surface area contributed by atoms with Crippen molar-refractivity contribution in [3.8, 4) is 0 Å². The van der Waals surface area contributed by atoms with Crippen LogP contribution in [-0.4, -0.2) is 22.9 Å². The van der Waals surface area contributed by atoms with E-state index < -0.39 is 5.60 Å². The summed E-state index contributed by atoms with van der Waals surface area (Å²) in [5, 5.41) is 10.7. The van der Waals surface area contributed by atoms with Gasteiger partial charge in [0.2, 0.25) is 0 Å². The molecule has 0 aromatic heterocycles. The monoisotopic (exact) mass is 226 g/mol. The summed E-state index contributed by atoms with van der Waals surface area (Å²) in [7, 11) is 0. The Balaban J connectivity index is 1.94. The topological polar surface area (TPSA) is 29.5 Å². The van der Waals surface area contributed by atoms with E-state index in [0.717, 1.165) is 38.2 Å². The molecule has 2 heteroatoms. The summed E-state index contributed by atoms with van der Waals surface area (Å²) in [5.41, 5.74) is -0.538. The molecule has 2 fully saturated rings. The summed E-state index contributed by atoms with van der Waals surface area (Å²) in [5.74, 6) is 0.768. The molecule has 2 aliphatic rings.